The largest absolute Gasteiger partial charge is 0.391 e. The Labute approximate surface area is 233 Å². The van der Waals surface area contributed by atoms with E-state index in [9.17, 15) is 22.8 Å². The van der Waals surface area contributed by atoms with Gasteiger partial charge in [-0.05, 0) is 95.3 Å². The molecule has 6 unspecified atom stereocenters. The van der Waals surface area contributed by atoms with Gasteiger partial charge in [-0.25, -0.2) is 0 Å². The summed E-state index contributed by atoms with van der Waals surface area (Å²) in [5.41, 5.74) is 8.35. The van der Waals surface area contributed by atoms with Crippen LogP contribution in [0.1, 0.15) is 75.5 Å². The van der Waals surface area contributed by atoms with E-state index in [4.69, 9.17) is 5.73 Å². The van der Waals surface area contributed by atoms with Crippen LogP contribution >= 0.6 is 0 Å². The Hall–Kier alpha value is -2.46. The van der Waals surface area contributed by atoms with Crippen molar-refractivity contribution in [3.8, 4) is 0 Å². The van der Waals surface area contributed by atoms with Gasteiger partial charge in [0, 0.05) is 53.9 Å². The number of carbonyl (C=O) groups is 1. The molecule has 6 atom stereocenters. The summed E-state index contributed by atoms with van der Waals surface area (Å²) in [5.74, 6) is -2.24. The molecule has 0 aromatic carbocycles. The molecule has 7 nitrogen and oxygen atoms in total. The highest BCUT2D eigenvalue weighted by Gasteiger charge is 2.48. The lowest BCUT2D eigenvalue weighted by Crippen LogP contribution is -2.52. The number of likely N-dealkylation sites (tertiary alicyclic amines) is 1. The Bertz CT molecular complexity index is 1290. The second-order valence-corrected chi connectivity index (χ2v) is 12.6. The van der Waals surface area contributed by atoms with E-state index < -0.39 is 18.0 Å². The first-order valence-corrected chi connectivity index (χ1v) is 14.7. The van der Waals surface area contributed by atoms with Crippen LogP contribution in [-0.2, 0) is 11.8 Å². The topological polar surface area (TPSA) is 93.2 Å². The first-order chi connectivity index (χ1) is 18.9. The Balaban J connectivity index is 1.31. The third-order valence-corrected chi connectivity index (χ3v) is 9.82. The zero-order chi connectivity index (χ0) is 28.8. The van der Waals surface area contributed by atoms with Crippen LogP contribution in [0.15, 0.2) is 23.1 Å². The predicted octanol–water partition coefficient (Wildman–Crippen LogP) is 4.40. The van der Waals surface area contributed by atoms with E-state index in [1.54, 1.807) is 17.8 Å². The Morgan fingerprint density at radius 3 is 2.50 bits per heavy atom. The molecule has 0 bridgehead atoms. The van der Waals surface area contributed by atoms with Crippen molar-refractivity contribution >= 4 is 16.8 Å². The number of halogens is 3. The average molecular weight is 562 g/mol. The molecule has 2 aliphatic carbocycles. The molecule has 0 spiro atoms. The summed E-state index contributed by atoms with van der Waals surface area (Å²) in [7, 11) is 1.77. The summed E-state index contributed by atoms with van der Waals surface area (Å²) in [6.45, 7) is 5.39. The molecule has 2 saturated carbocycles. The summed E-state index contributed by atoms with van der Waals surface area (Å²) in [6, 6.07) is 3.49. The molecule has 3 N–H and O–H groups in total. The minimum Gasteiger partial charge on any atom is -0.353 e. The summed E-state index contributed by atoms with van der Waals surface area (Å²) in [5, 5.41) is 4.02. The van der Waals surface area contributed by atoms with Gasteiger partial charge >= 0.3 is 6.18 Å². The second-order valence-electron chi connectivity index (χ2n) is 12.6. The van der Waals surface area contributed by atoms with Crippen LogP contribution in [0.25, 0.3) is 10.9 Å². The van der Waals surface area contributed by atoms with Gasteiger partial charge < -0.3 is 20.5 Å². The molecule has 3 heterocycles. The molecule has 220 valence electrons. The maximum Gasteiger partial charge on any atom is 0.391 e. The molecule has 10 heteroatoms. The Morgan fingerprint density at radius 2 is 1.80 bits per heavy atom. The monoisotopic (exact) mass is 561 g/mol. The normalized spacial score (nSPS) is 30.9. The lowest BCUT2D eigenvalue weighted by Gasteiger charge is -2.43. The van der Waals surface area contributed by atoms with E-state index in [1.807, 2.05) is 19.1 Å². The maximum atomic E-state index is 13.9. The molecular formula is C30H42F3N5O2. The number of carbonyl (C=O) groups excluding carboxylic acids is 1. The molecule has 3 fully saturated rings. The fraction of sp³-hybridized carbons (Fsp3) is 0.700. The predicted molar refractivity (Wildman–Crippen MR) is 149 cm³/mol. The first kappa shape index (κ1) is 29.0. The van der Waals surface area contributed by atoms with Gasteiger partial charge in [0.2, 0.25) is 5.91 Å². The third kappa shape index (κ3) is 6.08. The van der Waals surface area contributed by atoms with E-state index in [1.165, 1.54) is 0 Å². The number of fused-ring (bicyclic) bond motifs is 1. The highest BCUT2D eigenvalue weighted by atomic mass is 19.4. The molecule has 0 radical (unpaired) electrons. The number of aromatic nitrogens is 2. The van der Waals surface area contributed by atoms with Crippen LogP contribution in [0.5, 0.6) is 0 Å². The van der Waals surface area contributed by atoms with Crippen LogP contribution < -0.4 is 16.6 Å². The van der Waals surface area contributed by atoms with Crippen LogP contribution in [-0.4, -0.2) is 57.7 Å². The summed E-state index contributed by atoms with van der Waals surface area (Å²) in [4.78, 5) is 33.4. The van der Waals surface area contributed by atoms with E-state index in [2.05, 4.69) is 22.1 Å². The minimum atomic E-state index is -4.32. The van der Waals surface area contributed by atoms with E-state index >= 15 is 0 Å². The number of piperidine rings is 1. The van der Waals surface area contributed by atoms with Gasteiger partial charge in [-0.2, -0.15) is 13.2 Å². The van der Waals surface area contributed by atoms with Crippen LogP contribution in [0.3, 0.4) is 0 Å². The minimum absolute atomic E-state index is 0.0468. The third-order valence-electron chi connectivity index (χ3n) is 9.82. The van der Waals surface area contributed by atoms with Gasteiger partial charge in [-0.15, -0.1) is 0 Å². The van der Waals surface area contributed by atoms with Gasteiger partial charge in [-0.1, -0.05) is 6.92 Å². The van der Waals surface area contributed by atoms with Crippen molar-refractivity contribution in [1.29, 1.82) is 0 Å². The van der Waals surface area contributed by atoms with Crippen molar-refractivity contribution in [3.05, 3.63) is 39.9 Å². The first-order valence-electron chi connectivity index (χ1n) is 14.7. The van der Waals surface area contributed by atoms with Gasteiger partial charge in [0.1, 0.15) is 0 Å². The summed E-state index contributed by atoms with van der Waals surface area (Å²) < 4.78 is 43.4. The lowest BCUT2D eigenvalue weighted by atomic mass is 9.73. The van der Waals surface area contributed by atoms with Crippen molar-refractivity contribution < 1.29 is 18.0 Å². The molecule has 1 amide bonds. The van der Waals surface area contributed by atoms with Crippen molar-refractivity contribution in [2.24, 2.45) is 30.5 Å². The van der Waals surface area contributed by atoms with E-state index in [0.29, 0.717) is 31.5 Å². The standard InChI is InChI=1S/C30H42F3N5O2/c1-17-4-5-23(15-25(17)26-13-20-16-35-18(2)10-27(20)37(3)29(26)40)36-28(39)19-11-21(30(31,32)33)14-24(12-19)38-8-6-22(34)7-9-38/h10,13,16-17,19,21-25H,4-9,11-12,14-15,34H2,1-3H3,(H,36,39). The number of nitrogens with one attached hydrogen (secondary N) is 1. The summed E-state index contributed by atoms with van der Waals surface area (Å²) >= 11 is 0. The van der Waals surface area contributed by atoms with Gasteiger partial charge in [0.25, 0.3) is 5.56 Å². The Morgan fingerprint density at radius 1 is 1.07 bits per heavy atom. The zero-order valence-corrected chi connectivity index (χ0v) is 23.7. The molecule has 3 aliphatic rings. The molecule has 1 aliphatic heterocycles. The number of pyridine rings is 2. The average Bonchev–Trinajstić information content (AvgIpc) is 2.92. The SMILES string of the molecule is Cc1cc2c(cn1)cc(C1CC(NC(=O)C3CC(N4CCC(N)CC4)CC(C(F)(F)F)C3)CCC1C)c(=O)n2C. The van der Waals surface area contributed by atoms with Crippen molar-refractivity contribution in [2.45, 2.75) is 95.4 Å². The smallest absolute Gasteiger partial charge is 0.353 e. The van der Waals surface area contributed by atoms with Gasteiger partial charge in [0.15, 0.2) is 0 Å². The highest BCUT2D eigenvalue weighted by Crippen LogP contribution is 2.43. The van der Waals surface area contributed by atoms with Crippen LogP contribution in [0.2, 0.25) is 0 Å². The number of hydrogen-bond acceptors (Lipinski definition) is 5. The Kier molecular flexibility index (Phi) is 8.30. The lowest BCUT2D eigenvalue weighted by molar-refractivity contribution is -0.192. The maximum absolute atomic E-state index is 13.9. The number of hydrogen-bond donors (Lipinski definition) is 2. The van der Waals surface area contributed by atoms with E-state index in [0.717, 1.165) is 42.3 Å². The molecule has 2 aromatic rings. The van der Waals surface area contributed by atoms with Gasteiger partial charge in [0.05, 0.1) is 11.4 Å². The number of aryl methyl sites for hydroxylation is 2. The molecule has 1 saturated heterocycles. The van der Waals surface area contributed by atoms with Gasteiger partial charge in [-0.3, -0.25) is 14.6 Å². The molecular weight excluding hydrogens is 519 g/mol. The molecule has 40 heavy (non-hydrogen) atoms. The molecule has 2 aromatic heterocycles. The number of rotatable bonds is 4. The summed E-state index contributed by atoms with van der Waals surface area (Å²) in [6.07, 6.45) is 1.51. The van der Waals surface area contributed by atoms with Crippen molar-refractivity contribution in [3.63, 3.8) is 0 Å². The molecule has 5 rings (SSSR count). The van der Waals surface area contributed by atoms with Crippen LogP contribution in [0, 0.1) is 24.7 Å². The zero-order valence-electron chi connectivity index (χ0n) is 23.7. The number of alkyl halides is 3. The fourth-order valence-electron chi connectivity index (χ4n) is 7.31. The van der Waals surface area contributed by atoms with E-state index in [-0.39, 0.29) is 54.3 Å². The highest BCUT2D eigenvalue weighted by molar-refractivity contribution is 5.80. The number of nitrogens with two attached hydrogens (primary N) is 1. The van der Waals surface area contributed by atoms with Crippen molar-refractivity contribution in [1.82, 2.24) is 19.8 Å². The second kappa shape index (κ2) is 11.4. The number of amides is 1. The van der Waals surface area contributed by atoms with Crippen LogP contribution in [0.4, 0.5) is 13.2 Å². The quantitative estimate of drug-likeness (QED) is 0.577. The number of nitrogens with zero attached hydrogens (tertiary/aromatic N) is 3. The van der Waals surface area contributed by atoms with Crippen molar-refractivity contribution in [2.75, 3.05) is 13.1 Å². The fourth-order valence-corrected chi connectivity index (χ4v) is 7.31.